The van der Waals surface area contributed by atoms with Gasteiger partial charge in [0.2, 0.25) is 5.89 Å². The van der Waals surface area contributed by atoms with Crippen LogP contribution in [0.4, 0.5) is 4.39 Å². The largest absolute Gasteiger partial charge is 0.487 e. The van der Waals surface area contributed by atoms with Gasteiger partial charge in [0, 0.05) is 11.8 Å². The highest BCUT2D eigenvalue weighted by Gasteiger charge is 2.10. The maximum absolute atomic E-state index is 13.2. The molecule has 124 valence electrons. The molecule has 2 aromatic carbocycles. The molecule has 0 aliphatic carbocycles. The Morgan fingerprint density at radius 3 is 2.71 bits per heavy atom. The molecule has 5 nitrogen and oxygen atoms in total. The molecule has 0 radical (unpaired) electrons. The Bertz CT molecular complexity index is 966. The van der Waals surface area contributed by atoms with Gasteiger partial charge in [-0.2, -0.15) is 0 Å². The number of aromatic nitrogens is 1. The van der Waals surface area contributed by atoms with Gasteiger partial charge in [0.15, 0.2) is 9.84 Å². The molecular weight excluding hydrogens is 333 g/mol. The van der Waals surface area contributed by atoms with Gasteiger partial charge in [0.05, 0.1) is 4.90 Å². The first kappa shape index (κ1) is 16.2. The number of ether oxygens (including phenoxy) is 1. The molecule has 0 bridgehead atoms. The Labute approximate surface area is 138 Å². The van der Waals surface area contributed by atoms with Gasteiger partial charge in [-0.05, 0) is 36.4 Å². The second-order valence-corrected chi connectivity index (χ2v) is 7.21. The molecule has 0 aliphatic rings. The van der Waals surface area contributed by atoms with Gasteiger partial charge in [-0.3, -0.25) is 0 Å². The third-order valence-electron chi connectivity index (χ3n) is 3.24. The maximum atomic E-state index is 13.2. The molecule has 0 aliphatic heterocycles. The summed E-state index contributed by atoms with van der Waals surface area (Å²) in [6.45, 7) is 0.103. The average Bonchev–Trinajstić information content (AvgIpc) is 3.01. The van der Waals surface area contributed by atoms with Gasteiger partial charge < -0.3 is 9.15 Å². The summed E-state index contributed by atoms with van der Waals surface area (Å²) in [5.41, 5.74) is 1.04. The summed E-state index contributed by atoms with van der Waals surface area (Å²) in [5, 5.41) is 0. The lowest BCUT2D eigenvalue weighted by Crippen LogP contribution is -1.99. The zero-order valence-electron chi connectivity index (χ0n) is 12.8. The van der Waals surface area contributed by atoms with Crippen LogP contribution in [0, 0.1) is 5.82 Å². The van der Waals surface area contributed by atoms with Crippen molar-refractivity contribution < 1.29 is 22.0 Å². The summed E-state index contributed by atoms with van der Waals surface area (Å²) in [7, 11) is -3.29. The Morgan fingerprint density at radius 2 is 1.96 bits per heavy atom. The lowest BCUT2D eigenvalue weighted by Gasteiger charge is -2.05. The predicted molar refractivity (Wildman–Crippen MR) is 85.8 cm³/mol. The van der Waals surface area contributed by atoms with Crippen LogP contribution in [0.5, 0.6) is 5.75 Å². The fraction of sp³-hybridized carbons (Fsp3) is 0.118. The lowest BCUT2D eigenvalue weighted by atomic mass is 10.2. The number of benzene rings is 2. The molecule has 3 rings (SSSR count). The number of sulfone groups is 1. The summed E-state index contributed by atoms with van der Waals surface area (Å²) >= 11 is 0. The molecule has 0 fully saturated rings. The Hall–Kier alpha value is -2.67. The van der Waals surface area contributed by atoms with E-state index in [-0.39, 0.29) is 23.2 Å². The molecule has 3 aromatic rings. The summed E-state index contributed by atoms with van der Waals surface area (Å²) in [6, 6.07) is 12.1. The van der Waals surface area contributed by atoms with Crippen LogP contribution in [0.1, 0.15) is 5.69 Å². The minimum Gasteiger partial charge on any atom is -0.487 e. The van der Waals surface area contributed by atoms with E-state index in [0.29, 0.717) is 17.0 Å². The second-order valence-electron chi connectivity index (χ2n) is 5.19. The van der Waals surface area contributed by atoms with E-state index in [0.717, 1.165) is 6.26 Å². The SMILES string of the molecule is CS(=O)(=O)c1cccc(OCc2coc(-c3cccc(F)c3)n2)c1. The Balaban J connectivity index is 1.72. The fourth-order valence-corrected chi connectivity index (χ4v) is 2.74. The number of hydrogen-bond donors (Lipinski definition) is 0. The van der Waals surface area contributed by atoms with Gasteiger partial charge in [0.25, 0.3) is 0 Å². The standard InChI is InChI=1S/C17H14FNO4S/c1-24(20,21)16-7-3-6-15(9-16)22-10-14-11-23-17(19-14)12-4-2-5-13(18)8-12/h2-9,11H,10H2,1H3. The van der Waals surface area contributed by atoms with Crippen molar-refractivity contribution in [3.8, 4) is 17.2 Å². The first-order chi connectivity index (χ1) is 11.4. The highest BCUT2D eigenvalue weighted by atomic mass is 32.2. The van der Waals surface area contributed by atoms with Gasteiger partial charge >= 0.3 is 0 Å². The summed E-state index contributed by atoms with van der Waals surface area (Å²) in [4.78, 5) is 4.41. The van der Waals surface area contributed by atoms with Gasteiger partial charge in [-0.15, -0.1) is 0 Å². The van der Waals surface area contributed by atoms with Gasteiger partial charge in [-0.1, -0.05) is 12.1 Å². The number of rotatable bonds is 5. The molecule has 0 saturated heterocycles. The highest BCUT2D eigenvalue weighted by molar-refractivity contribution is 7.90. The first-order valence-electron chi connectivity index (χ1n) is 7.05. The third kappa shape index (κ3) is 3.80. The molecule has 1 heterocycles. The smallest absolute Gasteiger partial charge is 0.226 e. The monoisotopic (exact) mass is 347 g/mol. The molecule has 0 saturated carbocycles. The first-order valence-corrected chi connectivity index (χ1v) is 8.94. The van der Waals surface area contributed by atoms with Crippen LogP contribution in [0.2, 0.25) is 0 Å². The molecule has 0 N–H and O–H groups in total. The van der Waals surface area contributed by atoms with E-state index in [4.69, 9.17) is 9.15 Å². The molecule has 0 unspecified atom stereocenters. The van der Waals surface area contributed by atoms with E-state index >= 15 is 0 Å². The molecule has 0 amide bonds. The average molecular weight is 347 g/mol. The molecule has 1 aromatic heterocycles. The van der Waals surface area contributed by atoms with Crippen LogP contribution in [-0.2, 0) is 16.4 Å². The van der Waals surface area contributed by atoms with Gasteiger partial charge in [0.1, 0.15) is 30.1 Å². The van der Waals surface area contributed by atoms with E-state index in [1.54, 1.807) is 24.3 Å². The zero-order valence-corrected chi connectivity index (χ0v) is 13.6. The van der Waals surface area contributed by atoms with E-state index in [1.165, 1.54) is 30.5 Å². The molecule has 24 heavy (non-hydrogen) atoms. The Kier molecular flexibility index (Phi) is 4.35. The van der Waals surface area contributed by atoms with Crippen molar-refractivity contribution in [2.75, 3.05) is 6.26 Å². The minimum atomic E-state index is -3.29. The van der Waals surface area contributed by atoms with Crippen molar-refractivity contribution in [2.24, 2.45) is 0 Å². The Morgan fingerprint density at radius 1 is 1.17 bits per heavy atom. The number of halogens is 1. The van der Waals surface area contributed by atoms with E-state index < -0.39 is 9.84 Å². The highest BCUT2D eigenvalue weighted by Crippen LogP contribution is 2.21. The van der Waals surface area contributed by atoms with Crippen molar-refractivity contribution in [3.63, 3.8) is 0 Å². The van der Waals surface area contributed by atoms with Crippen molar-refractivity contribution >= 4 is 9.84 Å². The topological polar surface area (TPSA) is 69.4 Å². The van der Waals surface area contributed by atoms with Crippen LogP contribution >= 0.6 is 0 Å². The molecule has 0 spiro atoms. The predicted octanol–water partition coefficient (Wildman–Crippen LogP) is 3.46. The van der Waals surface area contributed by atoms with E-state index in [9.17, 15) is 12.8 Å². The maximum Gasteiger partial charge on any atom is 0.226 e. The summed E-state index contributed by atoms with van der Waals surface area (Å²) in [6.07, 6.45) is 2.55. The molecule has 7 heteroatoms. The third-order valence-corrected chi connectivity index (χ3v) is 4.35. The van der Waals surface area contributed by atoms with Crippen molar-refractivity contribution in [1.29, 1.82) is 0 Å². The molecule has 0 atom stereocenters. The van der Waals surface area contributed by atoms with Crippen LogP contribution in [0.3, 0.4) is 0 Å². The van der Waals surface area contributed by atoms with Crippen molar-refractivity contribution in [1.82, 2.24) is 4.98 Å². The minimum absolute atomic E-state index is 0.103. The van der Waals surface area contributed by atoms with Crippen molar-refractivity contribution in [3.05, 3.63) is 66.3 Å². The van der Waals surface area contributed by atoms with Crippen LogP contribution in [0.15, 0.2) is 64.1 Å². The zero-order chi connectivity index (χ0) is 17.2. The summed E-state index contributed by atoms with van der Waals surface area (Å²) < 4.78 is 47.1. The second kappa shape index (κ2) is 6.45. The van der Waals surface area contributed by atoms with E-state index in [2.05, 4.69) is 4.98 Å². The lowest BCUT2D eigenvalue weighted by molar-refractivity contribution is 0.300. The van der Waals surface area contributed by atoms with Crippen LogP contribution in [-0.4, -0.2) is 19.7 Å². The van der Waals surface area contributed by atoms with Gasteiger partial charge in [-0.25, -0.2) is 17.8 Å². The molecular formula is C17H14FNO4S. The van der Waals surface area contributed by atoms with Crippen LogP contribution < -0.4 is 4.74 Å². The number of oxazole rings is 1. The quantitative estimate of drug-likeness (QED) is 0.707. The summed E-state index contributed by atoms with van der Waals surface area (Å²) in [5.74, 6) is 0.326. The van der Waals surface area contributed by atoms with Crippen LogP contribution in [0.25, 0.3) is 11.5 Å². The fourth-order valence-electron chi connectivity index (χ4n) is 2.08. The number of hydrogen-bond acceptors (Lipinski definition) is 5. The number of nitrogens with zero attached hydrogens (tertiary/aromatic N) is 1. The van der Waals surface area contributed by atoms with E-state index in [1.807, 2.05) is 0 Å². The van der Waals surface area contributed by atoms with Crippen molar-refractivity contribution in [2.45, 2.75) is 11.5 Å². The normalized spacial score (nSPS) is 11.4.